The minimum Gasteiger partial charge on any atom is -0.378 e. The minimum atomic E-state index is -0.436. The fraction of sp³-hybridized carbons (Fsp3) is 0.643. The summed E-state index contributed by atoms with van der Waals surface area (Å²) in [5.74, 6) is 0.663. The quantitative estimate of drug-likeness (QED) is 0.650. The van der Waals surface area contributed by atoms with Gasteiger partial charge >= 0.3 is 0 Å². The number of nitrogens with one attached hydrogen (secondary N) is 1. The molecule has 22 heavy (non-hydrogen) atoms. The average molecular weight is 308 g/mol. The van der Waals surface area contributed by atoms with Crippen molar-refractivity contribution >= 4 is 11.5 Å². The Hall–Kier alpha value is -1.77. The van der Waals surface area contributed by atoms with Gasteiger partial charge in [-0.1, -0.05) is 0 Å². The maximum atomic E-state index is 10.8. The molecule has 2 aliphatic heterocycles. The van der Waals surface area contributed by atoms with Crippen molar-refractivity contribution in [3.63, 3.8) is 0 Å². The maximum absolute atomic E-state index is 10.8. The molecule has 0 amide bonds. The summed E-state index contributed by atoms with van der Waals surface area (Å²) in [6.07, 6.45) is 1.28. The molecule has 1 aromatic heterocycles. The SMILES string of the molecule is Cc1cc([N+](=O)[O-])cnc1NCC12COCCN1CCOC2. The van der Waals surface area contributed by atoms with Gasteiger partial charge in [0.25, 0.3) is 5.69 Å². The number of aromatic nitrogens is 1. The first-order chi connectivity index (χ1) is 10.6. The van der Waals surface area contributed by atoms with Crippen molar-refractivity contribution in [3.8, 4) is 0 Å². The molecular formula is C14H20N4O4. The maximum Gasteiger partial charge on any atom is 0.287 e. The zero-order chi connectivity index (χ0) is 15.6. The summed E-state index contributed by atoms with van der Waals surface area (Å²) in [6.45, 7) is 6.98. The summed E-state index contributed by atoms with van der Waals surface area (Å²) in [5.41, 5.74) is 0.572. The molecule has 0 atom stereocenters. The van der Waals surface area contributed by atoms with E-state index in [4.69, 9.17) is 9.47 Å². The molecule has 2 saturated heterocycles. The molecule has 0 spiro atoms. The standard InChI is InChI=1S/C14H20N4O4/c1-11-6-12(18(19)20)7-15-13(11)16-8-14-9-21-4-2-17(14)3-5-22-10-14/h6-7H,2-5,8-10H2,1H3,(H,15,16). The number of aryl methyl sites for hydroxylation is 1. The van der Waals surface area contributed by atoms with Gasteiger partial charge in [0.05, 0.1) is 36.9 Å². The topological polar surface area (TPSA) is 89.8 Å². The van der Waals surface area contributed by atoms with Crippen LogP contribution < -0.4 is 5.32 Å². The van der Waals surface area contributed by atoms with E-state index >= 15 is 0 Å². The fourth-order valence-corrected chi connectivity index (χ4v) is 2.99. The third-order valence-corrected chi connectivity index (χ3v) is 4.28. The molecule has 0 aromatic carbocycles. The number of hydrogen-bond donors (Lipinski definition) is 1. The molecule has 2 aliphatic rings. The lowest BCUT2D eigenvalue weighted by molar-refractivity contribution is -0.385. The van der Waals surface area contributed by atoms with Gasteiger partial charge in [0.1, 0.15) is 12.0 Å². The van der Waals surface area contributed by atoms with E-state index in [0.717, 1.165) is 31.9 Å². The van der Waals surface area contributed by atoms with Crippen LogP contribution in [0.3, 0.4) is 0 Å². The third kappa shape index (κ3) is 2.90. The van der Waals surface area contributed by atoms with Gasteiger partial charge in [-0.3, -0.25) is 15.0 Å². The largest absolute Gasteiger partial charge is 0.378 e. The lowest BCUT2D eigenvalue weighted by atomic mass is 9.96. The highest BCUT2D eigenvalue weighted by Gasteiger charge is 2.42. The first kappa shape index (κ1) is 15.1. The number of hydrogen-bond acceptors (Lipinski definition) is 7. The number of morpholine rings is 2. The van der Waals surface area contributed by atoms with E-state index < -0.39 is 4.92 Å². The molecule has 120 valence electrons. The molecule has 0 bridgehead atoms. The Labute approximate surface area is 128 Å². The Bertz CT molecular complexity index is 554. The Morgan fingerprint density at radius 3 is 2.68 bits per heavy atom. The van der Waals surface area contributed by atoms with Crippen LogP contribution in [0.2, 0.25) is 0 Å². The lowest BCUT2D eigenvalue weighted by Crippen LogP contribution is -2.66. The van der Waals surface area contributed by atoms with Gasteiger partial charge in [0.15, 0.2) is 0 Å². The van der Waals surface area contributed by atoms with Crippen LogP contribution in [-0.2, 0) is 9.47 Å². The van der Waals surface area contributed by atoms with Crippen molar-refractivity contribution in [1.82, 2.24) is 9.88 Å². The number of anilines is 1. The Balaban J connectivity index is 1.72. The number of nitro groups is 1. The van der Waals surface area contributed by atoms with Crippen LogP contribution in [0.4, 0.5) is 11.5 Å². The fourth-order valence-electron chi connectivity index (χ4n) is 2.99. The average Bonchev–Trinajstić information content (AvgIpc) is 2.53. The van der Waals surface area contributed by atoms with Crippen molar-refractivity contribution in [2.75, 3.05) is 51.4 Å². The van der Waals surface area contributed by atoms with Crippen molar-refractivity contribution in [3.05, 3.63) is 27.9 Å². The number of pyridine rings is 1. The Kier molecular flexibility index (Phi) is 4.23. The Morgan fingerprint density at radius 2 is 2.09 bits per heavy atom. The third-order valence-electron chi connectivity index (χ3n) is 4.28. The van der Waals surface area contributed by atoms with Crippen molar-refractivity contribution in [2.24, 2.45) is 0 Å². The molecule has 8 nitrogen and oxygen atoms in total. The normalized spacial score (nSPS) is 21.1. The van der Waals surface area contributed by atoms with Crippen LogP contribution >= 0.6 is 0 Å². The van der Waals surface area contributed by atoms with Crippen LogP contribution in [0, 0.1) is 17.0 Å². The number of nitrogens with zero attached hydrogens (tertiary/aromatic N) is 3. The van der Waals surface area contributed by atoms with E-state index in [0.29, 0.717) is 25.6 Å². The minimum absolute atomic E-state index is 0.00448. The van der Waals surface area contributed by atoms with E-state index in [1.165, 1.54) is 12.3 Å². The number of ether oxygens (including phenoxy) is 2. The molecule has 3 rings (SSSR count). The highest BCUT2D eigenvalue weighted by atomic mass is 16.6. The van der Waals surface area contributed by atoms with Gasteiger partial charge in [-0.05, 0) is 12.5 Å². The van der Waals surface area contributed by atoms with Crippen molar-refractivity contribution in [1.29, 1.82) is 0 Å². The summed E-state index contributed by atoms with van der Waals surface area (Å²) in [6, 6.07) is 1.53. The first-order valence-corrected chi connectivity index (χ1v) is 7.36. The summed E-state index contributed by atoms with van der Waals surface area (Å²) < 4.78 is 11.3. The molecule has 0 saturated carbocycles. The molecule has 3 heterocycles. The second kappa shape index (κ2) is 6.15. The van der Waals surface area contributed by atoms with Crippen LogP contribution in [0.1, 0.15) is 5.56 Å². The van der Waals surface area contributed by atoms with Gasteiger partial charge in [0, 0.05) is 25.7 Å². The lowest BCUT2D eigenvalue weighted by Gasteiger charge is -2.49. The van der Waals surface area contributed by atoms with E-state index in [1.54, 1.807) is 0 Å². The van der Waals surface area contributed by atoms with Gasteiger partial charge in [-0.2, -0.15) is 0 Å². The molecule has 1 aromatic rings. The molecule has 8 heteroatoms. The monoisotopic (exact) mass is 308 g/mol. The van der Waals surface area contributed by atoms with Gasteiger partial charge in [-0.25, -0.2) is 4.98 Å². The summed E-state index contributed by atoms with van der Waals surface area (Å²) in [5, 5.41) is 14.1. The van der Waals surface area contributed by atoms with Crippen LogP contribution in [0.15, 0.2) is 12.3 Å². The van der Waals surface area contributed by atoms with Crippen molar-refractivity contribution in [2.45, 2.75) is 12.5 Å². The zero-order valence-electron chi connectivity index (χ0n) is 12.6. The van der Waals surface area contributed by atoms with Crippen molar-refractivity contribution < 1.29 is 14.4 Å². The zero-order valence-corrected chi connectivity index (χ0v) is 12.6. The first-order valence-electron chi connectivity index (χ1n) is 7.36. The highest BCUT2D eigenvalue weighted by molar-refractivity contribution is 5.48. The number of rotatable bonds is 4. The molecule has 0 radical (unpaired) electrons. The predicted molar refractivity (Wildman–Crippen MR) is 80.1 cm³/mol. The Morgan fingerprint density at radius 1 is 1.41 bits per heavy atom. The van der Waals surface area contributed by atoms with E-state index in [9.17, 15) is 10.1 Å². The van der Waals surface area contributed by atoms with Crippen LogP contribution in [0.25, 0.3) is 0 Å². The van der Waals surface area contributed by atoms with E-state index in [1.807, 2.05) is 6.92 Å². The molecule has 0 aliphatic carbocycles. The summed E-state index contributed by atoms with van der Waals surface area (Å²) >= 11 is 0. The van der Waals surface area contributed by atoms with Crippen LogP contribution in [0.5, 0.6) is 0 Å². The second-order valence-corrected chi connectivity index (χ2v) is 5.79. The van der Waals surface area contributed by atoms with Gasteiger partial charge in [-0.15, -0.1) is 0 Å². The second-order valence-electron chi connectivity index (χ2n) is 5.79. The van der Waals surface area contributed by atoms with E-state index in [-0.39, 0.29) is 11.2 Å². The smallest absolute Gasteiger partial charge is 0.287 e. The molecule has 2 fully saturated rings. The van der Waals surface area contributed by atoms with Crippen LogP contribution in [-0.4, -0.2) is 66.4 Å². The molecular weight excluding hydrogens is 288 g/mol. The molecule has 1 N–H and O–H groups in total. The number of fused-ring (bicyclic) bond motifs is 1. The predicted octanol–water partition coefficient (Wildman–Crippen LogP) is 0.811. The van der Waals surface area contributed by atoms with Gasteiger partial charge < -0.3 is 14.8 Å². The van der Waals surface area contributed by atoms with Gasteiger partial charge in [0.2, 0.25) is 0 Å². The highest BCUT2D eigenvalue weighted by Crippen LogP contribution is 2.25. The van der Waals surface area contributed by atoms with E-state index in [2.05, 4.69) is 15.2 Å². The summed E-state index contributed by atoms with van der Waals surface area (Å²) in [4.78, 5) is 16.9. The molecule has 0 unspecified atom stereocenters. The summed E-state index contributed by atoms with van der Waals surface area (Å²) in [7, 11) is 0.